The van der Waals surface area contributed by atoms with Gasteiger partial charge >= 0.3 is 0 Å². The van der Waals surface area contributed by atoms with Crippen LogP contribution in [0.25, 0.3) is 38.6 Å². The molecule has 2 amide bonds. The van der Waals surface area contributed by atoms with Crippen molar-refractivity contribution in [2.75, 3.05) is 13.6 Å². The molecule has 9 heteroatoms. The number of amides is 2. The first-order valence-corrected chi connectivity index (χ1v) is 10.6. The van der Waals surface area contributed by atoms with E-state index in [0.29, 0.717) is 17.4 Å². The van der Waals surface area contributed by atoms with Crippen molar-refractivity contribution in [1.29, 1.82) is 0 Å². The summed E-state index contributed by atoms with van der Waals surface area (Å²) in [5.74, 6) is -1.15. The Bertz CT molecular complexity index is 1550. The van der Waals surface area contributed by atoms with E-state index in [2.05, 4.69) is 28.6 Å². The molecule has 4 aromatic rings. The summed E-state index contributed by atoms with van der Waals surface area (Å²) in [5.41, 5.74) is 2.32. The summed E-state index contributed by atoms with van der Waals surface area (Å²) < 4.78 is 2.81. The van der Waals surface area contributed by atoms with Gasteiger partial charge in [0.2, 0.25) is 0 Å². The van der Waals surface area contributed by atoms with Crippen LogP contribution in [-0.2, 0) is 16.6 Å². The highest BCUT2D eigenvalue weighted by molar-refractivity contribution is 6.15. The van der Waals surface area contributed by atoms with Gasteiger partial charge in [-0.25, -0.2) is 4.98 Å². The summed E-state index contributed by atoms with van der Waals surface area (Å²) >= 11 is 0. The van der Waals surface area contributed by atoms with Crippen LogP contribution in [0.5, 0.6) is 0 Å². The van der Waals surface area contributed by atoms with Crippen molar-refractivity contribution in [3.8, 4) is 11.1 Å². The van der Waals surface area contributed by atoms with E-state index < -0.39 is 17.4 Å². The fourth-order valence-corrected chi connectivity index (χ4v) is 3.64. The molecule has 172 valence electrons. The zero-order chi connectivity index (χ0) is 24.6. The molecule has 0 spiro atoms. The van der Waals surface area contributed by atoms with Crippen LogP contribution in [-0.4, -0.2) is 49.6 Å². The minimum Gasteiger partial charge on any atom is -0.341 e. The van der Waals surface area contributed by atoms with Crippen LogP contribution in [0.2, 0.25) is 0 Å². The van der Waals surface area contributed by atoms with Crippen LogP contribution >= 0.6 is 0 Å². The molecule has 0 unspecified atom stereocenters. The van der Waals surface area contributed by atoms with Crippen molar-refractivity contribution in [3.63, 3.8) is 0 Å². The number of para-hydroxylation sites is 1. The van der Waals surface area contributed by atoms with Gasteiger partial charge in [0.05, 0.1) is 22.1 Å². The van der Waals surface area contributed by atoms with Crippen molar-refractivity contribution >= 4 is 39.3 Å². The number of aryl methyl sites for hydroxylation is 1. The molecule has 0 saturated heterocycles. The Hall–Kier alpha value is -4.53. The van der Waals surface area contributed by atoms with Gasteiger partial charge in [-0.3, -0.25) is 23.6 Å². The predicted octanol–water partition coefficient (Wildman–Crippen LogP) is 2.53. The number of carbonyl (C=O) groups is 2. The van der Waals surface area contributed by atoms with Gasteiger partial charge in [-0.2, -0.15) is 5.10 Å². The quantitative estimate of drug-likeness (QED) is 0.449. The van der Waals surface area contributed by atoms with Crippen LogP contribution < -0.4 is 10.9 Å². The van der Waals surface area contributed by atoms with E-state index in [9.17, 15) is 14.4 Å². The third-order valence-corrected chi connectivity index (χ3v) is 5.61. The van der Waals surface area contributed by atoms with Gasteiger partial charge in [-0.1, -0.05) is 31.4 Å². The molecule has 2 aromatic heterocycles. The van der Waals surface area contributed by atoms with Crippen LogP contribution in [0.4, 0.5) is 0 Å². The van der Waals surface area contributed by atoms with Gasteiger partial charge in [0.25, 0.3) is 17.4 Å². The molecule has 2 aromatic carbocycles. The van der Waals surface area contributed by atoms with Crippen molar-refractivity contribution < 1.29 is 9.59 Å². The average molecular weight is 457 g/mol. The van der Waals surface area contributed by atoms with Crippen molar-refractivity contribution in [1.82, 2.24) is 29.5 Å². The van der Waals surface area contributed by atoms with Crippen molar-refractivity contribution in [3.05, 3.63) is 78.1 Å². The number of nitrogens with zero attached hydrogens (tertiary/aromatic N) is 5. The first-order valence-electron chi connectivity index (χ1n) is 10.6. The van der Waals surface area contributed by atoms with Gasteiger partial charge in [-0.15, -0.1) is 0 Å². The lowest BCUT2D eigenvalue weighted by atomic mass is 10.0. The maximum Gasteiger partial charge on any atom is 0.272 e. The lowest BCUT2D eigenvalue weighted by molar-refractivity contribution is -0.127. The maximum absolute atomic E-state index is 13.2. The fraction of sp³-hybridized carbons (Fsp3) is 0.160. The molecule has 4 rings (SSSR count). The Morgan fingerprint density at radius 2 is 1.94 bits per heavy atom. The monoisotopic (exact) mass is 456 g/mol. The van der Waals surface area contributed by atoms with Gasteiger partial charge in [-0.05, 0) is 30.7 Å². The molecule has 0 aliphatic heterocycles. The van der Waals surface area contributed by atoms with Crippen LogP contribution in [0.3, 0.4) is 0 Å². The minimum absolute atomic E-state index is 0.106. The predicted molar refractivity (Wildman–Crippen MR) is 132 cm³/mol. The van der Waals surface area contributed by atoms with E-state index in [4.69, 9.17) is 0 Å². The fourth-order valence-electron chi connectivity index (χ4n) is 3.64. The number of nitrogens with one attached hydrogen (secondary N) is 1. The SMILES string of the molecule is C=C(NC(=O)C(=C)n1cnc2c(-c3ccc4nn(C)cc4c3)cccc2c1=O)C(=O)N(C)CC. The number of fused-ring (bicyclic) bond motifs is 2. The first-order chi connectivity index (χ1) is 16.2. The average Bonchev–Trinajstić information content (AvgIpc) is 3.21. The summed E-state index contributed by atoms with van der Waals surface area (Å²) in [4.78, 5) is 43.9. The highest BCUT2D eigenvalue weighted by atomic mass is 16.2. The lowest BCUT2D eigenvalue weighted by Gasteiger charge is -2.17. The van der Waals surface area contributed by atoms with Gasteiger partial charge < -0.3 is 10.2 Å². The molecular formula is C25H24N6O3. The highest BCUT2D eigenvalue weighted by Crippen LogP contribution is 2.28. The van der Waals surface area contributed by atoms with Crippen LogP contribution in [0.15, 0.2) is 72.6 Å². The second kappa shape index (κ2) is 8.78. The number of carbonyl (C=O) groups excluding carboxylic acids is 2. The Labute approximate surface area is 195 Å². The number of benzene rings is 2. The first kappa shape index (κ1) is 22.7. The number of aromatic nitrogens is 4. The molecule has 0 aliphatic rings. The number of rotatable bonds is 6. The zero-order valence-electron chi connectivity index (χ0n) is 19.2. The normalized spacial score (nSPS) is 10.9. The maximum atomic E-state index is 13.2. The number of hydrogen-bond donors (Lipinski definition) is 1. The molecule has 0 bridgehead atoms. The van der Waals surface area contributed by atoms with E-state index >= 15 is 0 Å². The Morgan fingerprint density at radius 3 is 2.68 bits per heavy atom. The zero-order valence-corrected chi connectivity index (χ0v) is 19.2. The van der Waals surface area contributed by atoms with E-state index in [1.54, 1.807) is 30.8 Å². The van der Waals surface area contributed by atoms with Crippen LogP contribution in [0.1, 0.15) is 6.92 Å². The Morgan fingerprint density at radius 1 is 1.18 bits per heavy atom. The molecule has 0 atom stereocenters. The molecule has 1 N–H and O–H groups in total. The van der Waals surface area contributed by atoms with E-state index in [0.717, 1.165) is 26.6 Å². The molecule has 0 aliphatic carbocycles. The molecule has 2 heterocycles. The molecule has 9 nitrogen and oxygen atoms in total. The van der Waals surface area contributed by atoms with Crippen molar-refractivity contribution in [2.45, 2.75) is 6.92 Å². The third kappa shape index (κ3) is 3.99. The number of likely N-dealkylation sites (N-methyl/N-ethyl adjacent to an activating group) is 1. The second-order valence-electron chi connectivity index (χ2n) is 7.90. The van der Waals surface area contributed by atoms with E-state index in [-0.39, 0.29) is 11.4 Å². The van der Waals surface area contributed by atoms with E-state index in [1.165, 1.54) is 11.2 Å². The Balaban J connectivity index is 1.68. The second-order valence-corrected chi connectivity index (χ2v) is 7.90. The summed E-state index contributed by atoms with van der Waals surface area (Å²) in [6.45, 7) is 9.59. The minimum atomic E-state index is -0.718. The molecule has 0 saturated carbocycles. The topological polar surface area (TPSA) is 102 Å². The standard InChI is InChI=1S/C25H24N6O3/c1-6-29(4)24(33)15(2)27-23(32)16(3)31-14-26-22-19(8-7-9-20(22)25(31)34)17-10-11-21-18(12-17)13-30(5)28-21/h7-14H,2-3,6H2,1,4-5H3,(H,27,32). The smallest absolute Gasteiger partial charge is 0.272 e. The summed E-state index contributed by atoms with van der Waals surface area (Å²) in [6.07, 6.45) is 3.19. The number of hydrogen-bond acceptors (Lipinski definition) is 5. The largest absolute Gasteiger partial charge is 0.341 e. The van der Waals surface area contributed by atoms with Crippen molar-refractivity contribution in [2.24, 2.45) is 7.05 Å². The summed E-state index contributed by atoms with van der Waals surface area (Å²) in [7, 11) is 3.45. The van der Waals surface area contributed by atoms with Gasteiger partial charge in [0.15, 0.2) is 0 Å². The summed E-state index contributed by atoms with van der Waals surface area (Å²) in [6, 6.07) is 11.1. The van der Waals surface area contributed by atoms with Gasteiger partial charge in [0.1, 0.15) is 12.0 Å². The molecular weight excluding hydrogens is 432 g/mol. The van der Waals surface area contributed by atoms with Crippen LogP contribution in [0, 0.1) is 0 Å². The third-order valence-electron chi connectivity index (χ3n) is 5.61. The van der Waals surface area contributed by atoms with E-state index in [1.807, 2.05) is 37.5 Å². The molecule has 34 heavy (non-hydrogen) atoms. The van der Waals surface area contributed by atoms with Gasteiger partial charge in [0, 0.05) is 37.8 Å². The summed E-state index contributed by atoms with van der Waals surface area (Å²) in [5, 5.41) is 8.10. The molecule has 0 fully saturated rings. The lowest BCUT2D eigenvalue weighted by Crippen LogP contribution is -2.37. The highest BCUT2D eigenvalue weighted by Gasteiger charge is 2.19. The molecule has 0 radical (unpaired) electrons. The Kier molecular flexibility index (Phi) is 5.85.